The molecule has 1 aliphatic rings. The Hall–Kier alpha value is -1.06. The molecule has 0 aliphatic heterocycles. The van der Waals surface area contributed by atoms with Crippen LogP contribution in [0.4, 0.5) is 0 Å². The first-order valence-electron chi connectivity index (χ1n) is 9.05. The lowest BCUT2D eigenvalue weighted by molar-refractivity contribution is 0.0698. The van der Waals surface area contributed by atoms with E-state index in [9.17, 15) is 0 Å². The van der Waals surface area contributed by atoms with Crippen molar-refractivity contribution in [3.05, 3.63) is 29.8 Å². The normalized spacial score (nSPS) is 13.8. The van der Waals surface area contributed by atoms with Gasteiger partial charge < -0.3 is 24.8 Å². The second-order valence-electron chi connectivity index (χ2n) is 6.17. The van der Waals surface area contributed by atoms with Gasteiger partial charge in [-0.2, -0.15) is 0 Å². The average molecular weight is 477 g/mol. The van der Waals surface area contributed by atoms with Gasteiger partial charge in [-0.25, -0.2) is 0 Å². The third-order valence-corrected chi connectivity index (χ3v) is 4.00. The monoisotopic (exact) mass is 477 g/mol. The van der Waals surface area contributed by atoms with Crippen molar-refractivity contribution in [2.75, 3.05) is 47.1 Å². The summed E-state index contributed by atoms with van der Waals surface area (Å²) in [6.07, 6.45) is 3.52. The molecule has 1 fully saturated rings. The maximum absolute atomic E-state index is 5.95. The number of hydrogen-bond acceptors (Lipinski definition) is 4. The van der Waals surface area contributed by atoms with E-state index in [1.165, 1.54) is 12.8 Å². The zero-order valence-electron chi connectivity index (χ0n) is 15.8. The van der Waals surface area contributed by atoms with Crippen molar-refractivity contribution in [1.82, 2.24) is 10.6 Å². The van der Waals surface area contributed by atoms with E-state index in [-0.39, 0.29) is 24.0 Å². The minimum Gasteiger partial charge on any atom is -0.493 e. The molecule has 1 aromatic carbocycles. The third kappa shape index (κ3) is 9.59. The minimum atomic E-state index is 0. The molecule has 1 aromatic rings. The highest BCUT2D eigenvalue weighted by atomic mass is 127. The summed E-state index contributed by atoms with van der Waals surface area (Å²) < 4.78 is 16.3. The lowest BCUT2D eigenvalue weighted by Gasteiger charge is -2.15. The van der Waals surface area contributed by atoms with Gasteiger partial charge in [-0.1, -0.05) is 18.2 Å². The van der Waals surface area contributed by atoms with Gasteiger partial charge in [-0.05, 0) is 31.2 Å². The van der Waals surface area contributed by atoms with Gasteiger partial charge in [0.05, 0.1) is 19.8 Å². The molecule has 2 N–H and O–H groups in total. The Labute approximate surface area is 174 Å². The van der Waals surface area contributed by atoms with Crippen LogP contribution in [0.25, 0.3) is 0 Å². The van der Waals surface area contributed by atoms with E-state index in [0.717, 1.165) is 42.8 Å². The summed E-state index contributed by atoms with van der Waals surface area (Å²) in [5, 5.41) is 6.64. The molecule has 1 aliphatic carbocycles. The lowest BCUT2D eigenvalue weighted by atomic mass is 10.2. The molecule has 7 heteroatoms. The highest BCUT2D eigenvalue weighted by Crippen LogP contribution is 2.30. The van der Waals surface area contributed by atoms with Crippen LogP contribution in [-0.2, 0) is 16.0 Å². The van der Waals surface area contributed by atoms with Crippen LogP contribution in [0.1, 0.15) is 24.8 Å². The molecule has 148 valence electrons. The molecule has 0 unspecified atom stereocenters. The number of benzene rings is 1. The van der Waals surface area contributed by atoms with Crippen LogP contribution in [0.15, 0.2) is 29.3 Å². The van der Waals surface area contributed by atoms with E-state index >= 15 is 0 Å². The summed E-state index contributed by atoms with van der Waals surface area (Å²) in [4.78, 5) is 4.26. The molecule has 26 heavy (non-hydrogen) atoms. The first-order chi connectivity index (χ1) is 12.3. The van der Waals surface area contributed by atoms with Crippen molar-refractivity contribution < 1.29 is 14.2 Å². The molecule has 0 amide bonds. The highest BCUT2D eigenvalue weighted by molar-refractivity contribution is 14.0. The van der Waals surface area contributed by atoms with Gasteiger partial charge in [-0.3, -0.25) is 4.99 Å². The number of halogens is 1. The molecular formula is C19H32IN3O3. The molecule has 2 rings (SSSR count). The molecule has 0 atom stereocenters. The first-order valence-corrected chi connectivity index (χ1v) is 9.05. The van der Waals surface area contributed by atoms with Crippen LogP contribution in [-0.4, -0.2) is 53.1 Å². The van der Waals surface area contributed by atoms with Crippen molar-refractivity contribution >= 4 is 29.9 Å². The fraction of sp³-hybridized carbons (Fsp3) is 0.632. The Bertz CT molecular complexity index is 525. The zero-order valence-corrected chi connectivity index (χ0v) is 18.2. The maximum Gasteiger partial charge on any atom is 0.191 e. The van der Waals surface area contributed by atoms with Crippen LogP contribution in [0.2, 0.25) is 0 Å². The Balaban J connectivity index is 0.00000338. The summed E-state index contributed by atoms with van der Waals surface area (Å²) in [6, 6.07) is 8.18. The second-order valence-corrected chi connectivity index (χ2v) is 6.17. The summed E-state index contributed by atoms with van der Waals surface area (Å²) >= 11 is 0. The van der Waals surface area contributed by atoms with Gasteiger partial charge in [0.15, 0.2) is 5.96 Å². The van der Waals surface area contributed by atoms with Crippen LogP contribution >= 0.6 is 24.0 Å². The molecule has 6 nitrogen and oxygen atoms in total. The van der Waals surface area contributed by atoms with Gasteiger partial charge in [0.25, 0.3) is 0 Å². The Morgan fingerprint density at radius 2 is 1.96 bits per heavy atom. The van der Waals surface area contributed by atoms with Crippen LogP contribution < -0.4 is 15.4 Å². The van der Waals surface area contributed by atoms with Gasteiger partial charge >= 0.3 is 0 Å². The van der Waals surface area contributed by atoms with Crippen molar-refractivity contribution in [3.8, 4) is 5.75 Å². The fourth-order valence-corrected chi connectivity index (χ4v) is 2.31. The molecule has 0 radical (unpaired) electrons. The summed E-state index contributed by atoms with van der Waals surface area (Å²) in [5.74, 6) is 2.50. The third-order valence-electron chi connectivity index (χ3n) is 4.00. The van der Waals surface area contributed by atoms with Crippen molar-refractivity contribution in [2.45, 2.75) is 25.8 Å². The number of nitrogens with zero attached hydrogens (tertiary/aromatic N) is 1. The number of nitrogens with one attached hydrogen (secondary N) is 2. The first kappa shape index (κ1) is 23.0. The van der Waals surface area contributed by atoms with Gasteiger partial charge in [0, 0.05) is 39.4 Å². The van der Waals surface area contributed by atoms with E-state index in [2.05, 4.69) is 21.7 Å². The van der Waals surface area contributed by atoms with E-state index in [0.29, 0.717) is 26.4 Å². The summed E-state index contributed by atoms with van der Waals surface area (Å²) in [7, 11) is 3.45. The van der Waals surface area contributed by atoms with Crippen LogP contribution in [0.3, 0.4) is 0 Å². The summed E-state index contributed by atoms with van der Waals surface area (Å²) in [6.45, 7) is 4.32. The molecule has 0 spiro atoms. The largest absolute Gasteiger partial charge is 0.493 e. The molecule has 1 saturated carbocycles. The number of methoxy groups -OCH3 is 1. The fourth-order valence-electron chi connectivity index (χ4n) is 2.31. The van der Waals surface area contributed by atoms with E-state index in [4.69, 9.17) is 14.2 Å². The van der Waals surface area contributed by atoms with Crippen molar-refractivity contribution in [2.24, 2.45) is 10.9 Å². The Kier molecular flexibility index (Phi) is 12.4. The lowest BCUT2D eigenvalue weighted by Crippen LogP contribution is -2.37. The predicted molar refractivity (Wildman–Crippen MR) is 116 cm³/mol. The molecule has 0 aromatic heterocycles. The standard InChI is InChI=1S/C19H31N3O3.HI/c1-20-19(21-10-5-11-24-13-12-23-2)22-14-17-6-3-4-7-18(17)25-15-16-8-9-16;/h3-4,6-7,16H,5,8-15H2,1-2H3,(H2,20,21,22);1H. The topological polar surface area (TPSA) is 64.1 Å². The summed E-state index contributed by atoms with van der Waals surface area (Å²) in [5.41, 5.74) is 1.15. The van der Waals surface area contributed by atoms with Crippen molar-refractivity contribution in [1.29, 1.82) is 0 Å². The number of para-hydroxylation sites is 1. The minimum absolute atomic E-state index is 0. The second kappa shape index (κ2) is 14.1. The van der Waals surface area contributed by atoms with E-state index in [1.807, 2.05) is 18.2 Å². The number of hydrogen-bond donors (Lipinski definition) is 2. The predicted octanol–water partition coefficient (Wildman–Crippen LogP) is 2.81. The highest BCUT2D eigenvalue weighted by Gasteiger charge is 2.22. The molecular weight excluding hydrogens is 445 g/mol. The van der Waals surface area contributed by atoms with E-state index in [1.54, 1.807) is 14.2 Å². The molecule has 0 bridgehead atoms. The molecule has 0 saturated heterocycles. The van der Waals surface area contributed by atoms with E-state index < -0.39 is 0 Å². The Morgan fingerprint density at radius 1 is 1.15 bits per heavy atom. The quantitative estimate of drug-likeness (QED) is 0.210. The Morgan fingerprint density at radius 3 is 2.69 bits per heavy atom. The average Bonchev–Trinajstić information content (AvgIpc) is 3.47. The number of aliphatic imine (C=N–C) groups is 1. The molecule has 0 heterocycles. The van der Waals surface area contributed by atoms with Crippen LogP contribution in [0, 0.1) is 5.92 Å². The maximum atomic E-state index is 5.95. The number of rotatable bonds is 12. The zero-order chi connectivity index (χ0) is 17.7. The smallest absolute Gasteiger partial charge is 0.191 e. The SMILES string of the molecule is CN=C(NCCCOCCOC)NCc1ccccc1OCC1CC1.I. The van der Waals surface area contributed by atoms with Gasteiger partial charge in [-0.15, -0.1) is 24.0 Å². The number of guanidine groups is 1. The van der Waals surface area contributed by atoms with Gasteiger partial charge in [0.2, 0.25) is 0 Å². The van der Waals surface area contributed by atoms with Gasteiger partial charge in [0.1, 0.15) is 5.75 Å². The number of ether oxygens (including phenoxy) is 3. The van der Waals surface area contributed by atoms with Crippen molar-refractivity contribution in [3.63, 3.8) is 0 Å². The van der Waals surface area contributed by atoms with Crippen LogP contribution in [0.5, 0.6) is 5.75 Å².